The molecule has 0 aliphatic carbocycles. The van der Waals surface area contributed by atoms with Crippen LogP contribution < -0.4 is 22.5 Å². The zero-order chi connectivity index (χ0) is 22.3. The smallest absolute Gasteiger partial charge is 0.328 e. The number of carbonyl (C=O) groups excluding carboxylic acids is 2. The van der Waals surface area contributed by atoms with E-state index in [1.165, 1.54) is 43.5 Å². The molecule has 0 aliphatic rings. The molecular formula is C18H24N6O6. The summed E-state index contributed by atoms with van der Waals surface area (Å²) in [6.07, 6.45) is 2.79. The summed E-state index contributed by atoms with van der Waals surface area (Å²) >= 11 is 0. The molecule has 0 fully saturated rings. The van der Waals surface area contributed by atoms with E-state index in [2.05, 4.69) is 9.97 Å². The fourth-order valence-corrected chi connectivity index (χ4v) is 2.60. The Hall–Kier alpha value is -3.70. The van der Waals surface area contributed by atoms with Gasteiger partial charge in [-0.3, -0.25) is 29.1 Å². The Morgan fingerprint density at radius 3 is 1.47 bits per heavy atom. The summed E-state index contributed by atoms with van der Waals surface area (Å²) in [5, 5.41) is 0. The van der Waals surface area contributed by atoms with Crippen molar-refractivity contribution in [1.82, 2.24) is 28.9 Å². The minimum Gasteiger partial charge on any atom is -0.344 e. The van der Waals surface area contributed by atoms with Gasteiger partial charge in [0.05, 0.1) is 0 Å². The van der Waals surface area contributed by atoms with Gasteiger partial charge in [-0.15, -0.1) is 0 Å². The van der Waals surface area contributed by atoms with Gasteiger partial charge in [0.1, 0.15) is 0 Å². The van der Waals surface area contributed by atoms with E-state index in [4.69, 9.17) is 0 Å². The van der Waals surface area contributed by atoms with Gasteiger partial charge in [0, 0.05) is 77.6 Å². The number of nitrogens with zero attached hydrogens (tertiary/aromatic N) is 4. The number of aromatic nitrogens is 4. The number of carbonyl (C=O) groups is 2. The van der Waals surface area contributed by atoms with Crippen LogP contribution in [0.4, 0.5) is 0 Å². The van der Waals surface area contributed by atoms with Crippen LogP contribution in [0, 0.1) is 0 Å². The lowest BCUT2D eigenvalue weighted by Crippen LogP contribution is -2.38. The average Bonchev–Trinajstić information content (AvgIpc) is 2.69. The van der Waals surface area contributed by atoms with Crippen molar-refractivity contribution < 1.29 is 9.59 Å². The summed E-state index contributed by atoms with van der Waals surface area (Å²) in [4.78, 5) is 76.9. The second kappa shape index (κ2) is 10.2. The molecule has 2 amide bonds. The topological polar surface area (TPSA) is 150 Å². The van der Waals surface area contributed by atoms with Gasteiger partial charge < -0.3 is 18.9 Å². The zero-order valence-corrected chi connectivity index (χ0v) is 16.8. The summed E-state index contributed by atoms with van der Waals surface area (Å²) in [6.45, 7) is 0.837. The molecule has 0 aliphatic heterocycles. The van der Waals surface area contributed by atoms with Gasteiger partial charge in [0.25, 0.3) is 11.1 Å². The van der Waals surface area contributed by atoms with Crippen LogP contribution in [0.5, 0.6) is 0 Å². The third-order valence-electron chi connectivity index (χ3n) is 4.55. The number of rotatable bonds is 9. The number of H-pyrrole nitrogens is 2. The second-order valence-corrected chi connectivity index (χ2v) is 6.74. The molecule has 12 nitrogen and oxygen atoms in total. The van der Waals surface area contributed by atoms with E-state index in [0.717, 1.165) is 0 Å². The van der Waals surface area contributed by atoms with Crippen LogP contribution in [0.1, 0.15) is 12.8 Å². The molecule has 2 rings (SSSR count). The van der Waals surface area contributed by atoms with Crippen molar-refractivity contribution >= 4 is 11.8 Å². The van der Waals surface area contributed by atoms with Crippen molar-refractivity contribution in [1.29, 1.82) is 0 Å². The van der Waals surface area contributed by atoms with E-state index in [1.807, 2.05) is 0 Å². The van der Waals surface area contributed by atoms with Gasteiger partial charge in [-0.25, -0.2) is 9.59 Å². The van der Waals surface area contributed by atoms with Crippen LogP contribution in [0.15, 0.2) is 43.7 Å². The molecule has 0 atom stereocenters. The SMILES string of the molecule is CN(CCN(C)C(=O)CCn1ccc(=O)[nH]c1=O)C(=O)CCn1ccc(=O)[nH]c1=O. The molecule has 0 bridgehead atoms. The van der Waals surface area contributed by atoms with Crippen LogP contribution in [-0.4, -0.2) is 67.9 Å². The van der Waals surface area contributed by atoms with E-state index in [-0.39, 0.29) is 37.7 Å². The van der Waals surface area contributed by atoms with Gasteiger partial charge in [0.15, 0.2) is 0 Å². The van der Waals surface area contributed by atoms with Crippen LogP contribution in [-0.2, 0) is 22.7 Å². The number of aryl methyl sites for hydroxylation is 2. The third kappa shape index (κ3) is 6.43. The number of hydrogen-bond acceptors (Lipinski definition) is 6. The van der Waals surface area contributed by atoms with Crippen molar-refractivity contribution in [2.75, 3.05) is 27.2 Å². The van der Waals surface area contributed by atoms with Crippen LogP contribution in [0.2, 0.25) is 0 Å². The first kappa shape index (κ1) is 22.6. The monoisotopic (exact) mass is 420 g/mol. The molecule has 2 aromatic heterocycles. The quantitative estimate of drug-likeness (QED) is 0.469. The standard InChI is InChI=1S/C18H24N6O6/c1-21(15(27)5-9-23-7-3-13(25)19-17(23)29)11-12-22(2)16(28)6-10-24-8-4-14(26)20-18(24)30/h3-4,7-8H,5-6,9-12H2,1-2H3,(H,19,25,29)(H,20,26,30). The molecule has 0 aromatic carbocycles. The lowest BCUT2D eigenvalue weighted by atomic mass is 10.3. The Kier molecular flexibility index (Phi) is 7.67. The first-order valence-corrected chi connectivity index (χ1v) is 9.25. The van der Waals surface area contributed by atoms with Crippen LogP contribution in [0.3, 0.4) is 0 Å². The van der Waals surface area contributed by atoms with Gasteiger partial charge in [-0.1, -0.05) is 0 Å². The van der Waals surface area contributed by atoms with Gasteiger partial charge in [0.2, 0.25) is 11.8 Å². The fraction of sp³-hybridized carbons (Fsp3) is 0.444. The highest BCUT2D eigenvalue weighted by atomic mass is 16.2. The van der Waals surface area contributed by atoms with Crippen LogP contribution >= 0.6 is 0 Å². The normalized spacial score (nSPS) is 10.6. The summed E-state index contributed by atoms with van der Waals surface area (Å²) in [6, 6.07) is 2.41. The van der Waals surface area contributed by atoms with Crippen LogP contribution in [0.25, 0.3) is 0 Å². The molecule has 0 unspecified atom stereocenters. The molecule has 0 spiro atoms. The van der Waals surface area contributed by atoms with E-state index in [9.17, 15) is 28.8 Å². The predicted octanol–water partition coefficient (Wildman–Crippen LogP) is -2.22. The average molecular weight is 420 g/mol. The minimum absolute atomic E-state index is 0.0647. The molecule has 0 saturated carbocycles. The Bertz CT molecular complexity index is 1040. The fourth-order valence-electron chi connectivity index (χ4n) is 2.60. The number of aromatic amines is 2. The first-order chi connectivity index (χ1) is 14.2. The number of amides is 2. The van der Waals surface area contributed by atoms with Crippen molar-refractivity contribution in [2.24, 2.45) is 0 Å². The lowest BCUT2D eigenvalue weighted by Gasteiger charge is -2.22. The summed E-state index contributed by atoms with van der Waals surface area (Å²) < 4.78 is 2.48. The van der Waals surface area contributed by atoms with Crippen molar-refractivity contribution in [3.8, 4) is 0 Å². The summed E-state index contributed by atoms with van der Waals surface area (Å²) in [5.41, 5.74) is -2.16. The maximum absolute atomic E-state index is 12.2. The second-order valence-electron chi connectivity index (χ2n) is 6.74. The van der Waals surface area contributed by atoms with Gasteiger partial charge in [-0.2, -0.15) is 0 Å². The van der Waals surface area contributed by atoms with E-state index < -0.39 is 22.5 Å². The predicted molar refractivity (Wildman–Crippen MR) is 107 cm³/mol. The highest BCUT2D eigenvalue weighted by Crippen LogP contribution is 1.97. The highest BCUT2D eigenvalue weighted by molar-refractivity contribution is 5.77. The van der Waals surface area contributed by atoms with Crippen molar-refractivity contribution in [2.45, 2.75) is 25.9 Å². The molecule has 0 saturated heterocycles. The number of likely N-dealkylation sites (N-methyl/N-ethyl adjacent to an activating group) is 2. The molecule has 162 valence electrons. The van der Waals surface area contributed by atoms with E-state index >= 15 is 0 Å². The maximum atomic E-state index is 12.2. The zero-order valence-electron chi connectivity index (χ0n) is 16.8. The number of hydrogen-bond donors (Lipinski definition) is 2. The van der Waals surface area contributed by atoms with Gasteiger partial charge >= 0.3 is 11.4 Å². The minimum atomic E-state index is -0.579. The largest absolute Gasteiger partial charge is 0.344 e. The lowest BCUT2D eigenvalue weighted by molar-refractivity contribution is -0.133. The molecule has 2 heterocycles. The third-order valence-corrected chi connectivity index (χ3v) is 4.55. The number of nitrogens with one attached hydrogen (secondary N) is 2. The Balaban J connectivity index is 1.77. The highest BCUT2D eigenvalue weighted by Gasteiger charge is 2.13. The maximum Gasteiger partial charge on any atom is 0.328 e. The Morgan fingerprint density at radius 1 is 0.767 bits per heavy atom. The van der Waals surface area contributed by atoms with E-state index in [1.54, 1.807) is 14.1 Å². The molecule has 2 aromatic rings. The van der Waals surface area contributed by atoms with E-state index in [0.29, 0.717) is 13.1 Å². The Morgan fingerprint density at radius 2 is 1.13 bits per heavy atom. The molecule has 12 heteroatoms. The molecule has 2 N–H and O–H groups in total. The Labute approximate surface area is 170 Å². The molecule has 0 radical (unpaired) electrons. The van der Waals surface area contributed by atoms with Crippen molar-refractivity contribution in [3.63, 3.8) is 0 Å². The molecular weight excluding hydrogens is 396 g/mol. The van der Waals surface area contributed by atoms with Gasteiger partial charge in [-0.05, 0) is 0 Å². The first-order valence-electron chi connectivity index (χ1n) is 9.25. The van der Waals surface area contributed by atoms with Crippen molar-refractivity contribution in [3.05, 3.63) is 66.2 Å². The molecule has 30 heavy (non-hydrogen) atoms. The summed E-state index contributed by atoms with van der Waals surface area (Å²) in [7, 11) is 3.19. The summed E-state index contributed by atoms with van der Waals surface area (Å²) in [5.74, 6) is -0.428.